The standard InChI is InChI=1S/C31H37BrN2O2/c1-22-12-14-23(15-13-22)29(27-21-24-20-26(32)16-17-28(24)33-30(27)36-4)31(35,18-8-9-19-34(2)3)25-10-6-5-7-11-25/h5-7,10-12,14-17,20-22,29,35H,8-9,13,18-19H2,1-4H3. The van der Waals surface area contributed by atoms with Gasteiger partial charge in [0, 0.05) is 21.3 Å². The van der Waals surface area contributed by atoms with Crippen LogP contribution in [0.5, 0.6) is 5.88 Å². The highest BCUT2D eigenvalue weighted by Gasteiger charge is 2.42. The number of aromatic nitrogens is 1. The molecule has 1 N–H and O–H groups in total. The number of unbranched alkanes of at least 4 members (excludes halogenated alkanes) is 1. The number of ether oxygens (including phenoxy) is 1. The van der Waals surface area contributed by atoms with Crippen molar-refractivity contribution in [2.75, 3.05) is 27.7 Å². The number of hydrogen-bond donors (Lipinski definition) is 1. The van der Waals surface area contributed by atoms with Gasteiger partial charge in [-0.05, 0) is 87.6 Å². The van der Waals surface area contributed by atoms with Crippen molar-refractivity contribution in [2.24, 2.45) is 5.92 Å². The first kappa shape index (κ1) is 26.6. The summed E-state index contributed by atoms with van der Waals surface area (Å²) in [5.41, 5.74) is 2.69. The average molecular weight is 550 g/mol. The van der Waals surface area contributed by atoms with Crippen LogP contribution in [0.1, 0.15) is 49.7 Å². The van der Waals surface area contributed by atoms with E-state index >= 15 is 0 Å². The smallest absolute Gasteiger partial charge is 0.217 e. The summed E-state index contributed by atoms with van der Waals surface area (Å²) < 4.78 is 6.87. The predicted molar refractivity (Wildman–Crippen MR) is 152 cm³/mol. The van der Waals surface area contributed by atoms with Crippen molar-refractivity contribution in [1.82, 2.24) is 9.88 Å². The number of pyridine rings is 1. The molecule has 0 radical (unpaired) electrons. The van der Waals surface area contributed by atoms with E-state index in [-0.39, 0.29) is 5.92 Å². The maximum atomic E-state index is 12.7. The summed E-state index contributed by atoms with van der Waals surface area (Å²) in [5.74, 6) is 0.714. The van der Waals surface area contributed by atoms with Crippen molar-refractivity contribution >= 4 is 26.8 Å². The van der Waals surface area contributed by atoms with Crippen molar-refractivity contribution in [3.05, 3.63) is 94.0 Å². The molecule has 1 aromatic heterocycles. The zero-order valence-electron chi connectivity index (χ0n) is 21.7. The van der Waals surface area contributed by atoms with Crippen LogP contribution in [0, 0.1) is 5.92 Å². The summed E-state index contributed by atoms with van der Waals surface area (Å²) in [7, 11) is 5.85. The zero-order chi connectivity index (χ0) is 25.7. The van der Waals surface area contributed by atoms with Gasteiger partial charge in [0.1, 0.15) is 5.60 Å². The Morgan fingerprint density at radius 2 is 1.92 bits per heavy atom. The van der Waals surface area contributed by atoms with Gasteiger partial charge >= 0.3 is 0 Å². The summed E-state index contributed by atoms with van der Waals surface area (Å²) in [6.07, 6.45) is 10.2. The number of aliphatic hydroxyl groups is 1. The van der Waals surface area contributed by atoms with Crippen LogP contribution in [0.2, 0.25) is 0 Å². The number of hydrogen-bond acceptors (Lipinski definition) is 4. The lowest BCUT2D eigenvalue weighted by Gasteiger charge is -2.39. The molecule has 3 atom stereocenters. The Bertz CT molecular complexity index is 1240. The Labute approximate surface area is 223 Å². The molecule has 0 amide bonds. The molecule has 190 valence electrons. The van der Waals surface area contributed by atoms with E-state index in [0.717, 1.165) is 57.9 Å². The van der Waals surface area contributed by atoms with Crippen LogP contribution in [0.25, 0.3) is 10.9 Å². The van der Waals surface area contributed by atoms with Gasteiger partial charge in [0.25, 0.3) is 0 Å². The van der Waals surface area contributed by atoms with E-state index in [4.69, 9.17) is 9.72 Å². The molecule has 0 spiro atoms. The first-order chi connectivity index (χ1) is 17.3. The summed E-state index contributed by atoms with van der Waals surface area (Å²) >= 11 is 3.61. The quantitative estimate of drug-likeness (QED) is 0.271. The van der Waals surface area contributed by atoms with Gasteiger partial charge in [-0.15, -0.1) is 0 Å². The van der Waals surface area contributed by atoms with Crippen LogP contribution < -0.4 is 4.74 Å². The second-order valence-corrected chi connectivity index (χ2v) is 11.1. The Hall–Kier alpha value is -2.47. The molecule has 0 saturated heterocycles. The van der Waals surface area contributed by atoms with Gasteiger partial charge in [-0.25, -0.2) is 4.98 Å². The van der Waals surface area contributed by atoms with E-state index in [0.29, 0.717) is 18.2 Å². The summed E-state index contributed by atoms with van der Waals surface area (Å²) in [6.45, 7) is 3.21. The fraction of sp³-hybridized carbons (Fsp3) is 0.387. The SMILES string of the molecule is COc1nc2ccc(Br)cc2cc1C(C1=CCC(C)C=C1)C(O)(CCCCN(C)C)c1ccccc1. The van der Waals surface area contributed by atoms with Crippen molar-refractivity contribution in [3.8, 4) is 5.88 Å². The van der Waals surface area contributed by atoms with E-state index in [1.807, 2.05) is 42.5 Å². The highest BCUT2D eigenvalue weighted by Crippen LogP contribution is 2.49. The molecule has 3 aromatic rings. The monoisotopic (exact) mass is 548 g/mol. The number of halogens is 1. The molecule has 36 heavy (non-hydrogen) atoms. The van der Waals surface area contributed by atoms with E-state index in [1.54, 1.807) is 7.11 Å². The minimum atomic E-state index is -1.13. The molecule has 5 heteroatoms. The van der Waals surface area contributed by atoms with Gasteiger partial charge in [0.15, 0.2) is 0 Å². The lowest BCUT2D eigenvalue weighted by Crippen LogP contribution is -2.35. The largest absolute Gasteiger partial charge is 0.481 e. The molecule has 1 aliphatic carbocycles. The highest BCUT2D eigenvalue weighted by molar-refractivity contribution is 9.10. The number of methoxy groups -OCH3 is 1. The Balaban J connectivity index is 1.90. The summed E-state index contributed by atoms with van der Waals surface area (Å²) in [5, 5.41) is 13.8. The lowest BCUT2D eigenvalue weighted by molar-refractivity contribution is 0.00639. The lowest BCUT2D eigenvalue weighted by atomic mass is 9.69. The van der Waals surface area contributed by atoms with Gasteiger partial charge in [-0.3, -0.25) is 0 Å². The first-order valence-electron chi connectivity index (χ1n) is 12.8. The molecule has 4 nitrogen and oxygen atoms in total. The highest BCUT2D eigenvalue weighted by atomic mass is 79.9. The molecular formula is C31H37BrN2O2. The third-order valence-electron chi connectivity index (χ3n) is 7.11. The number of rotatable bonds is 10. The topological polar surface area (TPSA) is 45.6 Å². The zero-order valence-corrected chi connectivity index (χ0v) is 23.3. The number of allylic oxidation sites excluding steroid dienone is 3. The normalized spacial score (nSPS) is 18.2. The van der Waals surface area contributed by atoms with Crippen LogP contribution >= 0.6 is 15.9 Å². The minimum Gasteiger partial charge on any atom is -0.481 e. The van der Waals surface area contributed by atoms with Crippen molar-refractivity contribution < 1.29 is 9.84 Å². The van der Waals surface area contributed by atoms with Crippen LogP contribution in [-0.2, 0) is 5.60 Å². The molecule has 3 unspecified atom stereocenters. The molecular weight excluding hydrogens is 512 g/mol. The maximum absolute atomic E-state index is 12.7. The Kier molecular flexibility index (Phi) is 8.66. The predicted octanol–water partition coefficient (Wildman–Crippen LogP) is 7.23. The number of nitrogens with zero attached hydrogens (tertiary/aromatic N) is 2. The number of benzene rings is 2. The first-order valence-corrected chi connectivity index (χ1v) is 13.6. The van der Waals surface area contributed by atoms with Crippen molar-refractivity contribution in [1.29, 1.82) is 0 Å². The molecule has 0 bridgehead atoms. The van der Waals surface area contributed by atoms with Crippen LogP contribution in [0.4, 0.5) is 0 Å². The van der Waals surface area contributed by atoms with Gasteiger partial charge in [0.05, 0.1) is 12.6 Å². The average Bonchev–Trinajstić information content (AvgIpc) is 2.88. The third kappa shape index (κ3) is 5.91. The molecule has 1 heterocycles. The maximum Gasteiger partial charge on any atom is 0.217 e. The Morgan fingerprint density at radius 3 is 2.58 bits per heavy atom. The molecule has 2 aromatic carbocycles. The molecule has 0 saturated carbocycles. The van der Waals surface area contributed by atoms with E-state index in [1.165, 1.54) is 0 Å². The van der Waals surface area contributed by atoms with Crippen LogP contribution in [-0.4, -0.2) is 42.7 Å². The summed E-state index contributed by atoms with van der Waals surface area (Å²) in [6, 6.07) is 18.3. The van der Waals surface area contributed by atoms with Crippen molar-refractivity contribution in [3.63, 3.8) is 0 Å². The fourth-order valence-corrected chi connectivity index (χ4v) is 5.57. The molecule has 1 aliphatic rings. The second kappa shape index (κ2) is 11.7. The van der Waals surface area contributed by atoms with Gasteiger partial charge in [0.2, 0.25) is 5.88 Å². The summed E-state index contributed by atoms with van der Waals surface area (Å²) in [4.78, 5) is 7.08. The van der Waals surface area contributed by atoms with Gasteiger partial charge in [-0.1, -0.05) is 71.4 Å². The second-order valence-electron chi connectivity index (χ2n) is 10.2. The van der Waals surface area contributed by atoms with E-state index < -0.39 is 5.60 Å². The van der Waals surface area contributed by atoms with Crippen LogP contribution in [0.3, 0.4) is 0 Å². The Morgan fingerprint density at radius 1 is 1.14 bits per heavy atom. The van der Waals surface area contributed by atoms with Crippen molar-refractivity contribution in [2.45, 2.75) is 44.1 Å². The van der Waals surface area contributed by atoms with Gasteiger partial charge in [-0.2, -0.15) is 0 Å². The molecule has 0 fully saturated rings. The minimum absolute atomic E-state index is 0.325. The fourth-order valence-electron chi connectivity index (χ4n) is 5.19. The third-order valence-corrected chi connectivity index (χ3v) is 7.61. The molecule has 0 aliphatic heterocycles. The van der Waals surface area contributed by atoms with E-state index in [9.17, 15) is 5.11 Å². The van der Waals surface area contributed by atoms with Gasteiger partial charge < -0.3 is 14.7 Å². The molecule has 4 rings (SSSR count). The van der Waals surface area contributed by atoms with E-state index in [2.05, 4.69) is 72.2 Å². The number of fused-ring (bicyclic) bond motifs is 1. The van der Waals surface area contributed by atoms with Crippen LogP contribution in [0.15, 0.2) is 82.9 Å².